The molecule has 2 aromatic carbocycles. The number of para-hydroxylation sites is 1. The largest absolute Gasteiger partial charge is 0.481 e. The molecule has 0 saturated heterocycles. The number of nitrogens with one attached hydrogen (secondary N) is 1. The van der Waals surface area contributed by atoms with Crippen LogP contribution < -0.4 is 9.84 Å². The maximum absolute atomic E-state index is 13.5. The zero-order chi connectivity index (χ0) is 32.3. The number of esters is 1. The highest BCUT2D eigenvalue weighted by Gasteiger charge is 2.32. The van der Waals surface area contributed by atoms with E-state index in [1.54, 1.807) is 55.5 Å². The second-order valence-corrected chi connectivity index (χ2v) is 12.8. The summed E-state index contributed by atoms with van der Waals surface area (Å²) in [5.74, 6) is -3.17. The SMILES string of the molecule is CCOC(=O)[C@H](C)OP(=O)(CCNC(=O)CCC(=O)c1cc(C(C)C(=O)O)ccc1CC1CCCC1=O)Oc1ccccc1. The molecule has 0 aliphatic heterocycles. The van der Waals surface area contributed by atoms with Crippen molar-refractivity contribution >= 4 is 37.0 Å². The summed E-state index contributed by atoms with van der Waals surface area (Å²) < 4.78 is 29.6. The maximum atomic E-state index is 13.5. The van der Waals surface area contributed by atoms with Gasteiger partial charge < -0.3 is 19.7 Å². The summed E-state index contributed by atoms with van der Waals surface area (Å²) in [4.78, 5) is 61.9. The second-order valence-electron chi connectivity index (χ2n) is 10.7. The number of hydrogen-bond donors (Lipinski definition) is 2. The molecule has 2 aromatic rings. The Balaban J connectivity index is 1.64. The number of Topliss-reactive ketones (excluding diaryl/α,β-unsaturated/α-hetero) is 2. The summed E-state index contributed by atoms with van der Waals surface area (Å²) in [6, 6.07) is 13.2. The standard InChI is InChI=1S/C32H40NO10P/c1-4-41-32(39)22(3)42-44(40,43-26-10-6-5-7-11-26)18-17-33-30(36)16-15-29(35)27-20-23(21(2)31(37)38)13-14-24(27)19-25-9-8-12-28(25)34/h5-7,10-11,13-14,20-22,25H,4,8-9,12,15-19H2,1-3H3,(H,33,36)(H,37,38)/t21?,22-,25?,44?/m0/s1. The molecule has 4 atom stereocenters. The van der Waals surface area contributed by atoms with Crippen molar-refractivity contribution in [2.75, 3.05) is 19.3 Å². The Labute approximate surface area is 257 Å². The summed E-state index contributed by atoms with van der Waals surface area (Å²) >= 11 is 0. The molecule has 1 amide bonds. The lowest BCUT2D eigenvalue weighted by atomic mass is 9.88. The third-order valence-electron chi connectivity index (χ3n) is 7.41. The third kappa shape index (κ3) is 10.1. The van der Waals surface area contributed by atoms with Crippen molar-refractivity contribution in [3.05, 3.63) is 65.2 Å². The Bertz CT molecular complexity index is 1390. The summed E-state index contributed by atoms with van der Waals surface area (Å²) in [5, 5.41) is 12.1. The number of rotatable bonds is 17. The Morgan fingerprint density at radius 3 is 2.43 bits per heavy atom. The van der Waals surface area contributed by atoms with Gasteiger partial charge >= 0.3 is 19.5 Å². The lowest BCUT2D eigenvalue weighted by Gasteiger charge is -2.22. The molecule has 44 heavy (non-hydrogen) atoms. The van der Waals surface area contributed by atoms with Gasteiger partial charge in [0.2, 0.25) is 5.91 Å². The minimum Gasteiger partial charge on any atom is -0.481 e. The van der Waals surface area contributed by atoms with Crippen molar-refractivity contribution in [1.82, 2.24) is 5.32 Å². The topological polar surface area (TPSA) is 162 Å². The number of carbonyl (C=O) groups is 5. The van der Waals surface area contributed by atoms with Crippen LogP contribution in [0.2, 0.25) is 0 Å². The van der Waals surface area contributed by atoms with Gasteiger partial charge in [-0.1, -0.05) is 30.3 Å². The van der Waals surface area contributed by atoms with Crippen molar-refractivity contribution < 1.29 is 47.4 Å². The zero-order valence-corrected chi connectivity index (χ0v) is 26.2. The number of ketones is 2. The monoisotopic (exact) mass is 629 g/mol. The maximum Gasteiger partial charge on any atom is 0.381 e. The fourth-order valence-electron chi connectivity index (χ4n) is 4.90. The number of carboxylic acid groups (broad SMARTS) is 1. The van der Waals surface area contributed by atoms with Gasteiger partial charge in [0.05, 0.1) is 18.7 Å². The van der Waals surface area contributed by atoms with E-state index in [0.29, 0.717) is 29.5 Å². The van der Waals surface area contributed by atoms with Crippen molar-refractivity contribution in [3.63, 3.8) is 0 Å². The average molecular weight is 630 g/mol. The van der Waals surface area contributed by atoms with E-state index in [9.17, 15) is 33.6 Å². The number of carbonyl (C=O) groups excluding carboxylic acids is 4. The lowest BCUT2D eigenvalue weighted by Crippen LogP contribution is -2.29. The number of amides is 1. The Morgan fingerprint density at radius 2 is 1.80 bits per heavy atom. The van der Waals surface area contributed by atoms with E-state index in [4.69, 9.17) is 13.8 Å². The van der Waals surface area contributed by atoms with Crippen LogP contribution in [0.3, 0.4) is 0 Å². The first-order chi connectivity index (χ1) is 20.9. The molecule has 1 saturated carbocycles. The van der Waals surface area contributed by atoms with Gasteiger partial charge in [-0.05, 0) is 69.4 Å². The molecule has 0 bridgehead atoms. The van der Waals surface area contributed by atoms with Crippen molar-refractivity contribution in [1.29, 1.82) is 0 Å². The average Bonchev–Trinajstić information content (AvgIpc) is 3.39. The van der Waals surface area contributed by atoms with Gasteiger partial charge in [0, 0.05) is 37.3 Å². The predicted octanol–water partition coefficient (Wildman–Crippen LogP) is 5.11. The Morgan fingerprint density at radius 1 is 1.07 bits per heavy atom. The number of aliphatic carboxylic acids is 1. The van der Waals surface area contributed by atoms with Gasteiger partial charge in [0.1, 0.15) is 11.5 Å². The van der Waals surface area contributed by atoms with E-state index in [1.165, 1.54) is 13.8 Å². The molecule has 3 unspecified atom stereocenters. The summed E-state index contributed by atoms with van der Waals surface area (Å²) in [6.07, 6.45) is 0.679. The van der Waals surface area contributed by atoms with E-state index in [1.807, 2.05) is 0 Å². The highest BCUT2D eigenvalue weighted by atomic mass is 31.2. The molecule has 1 aliphatic carbocycles. The highest BCUT2D eigenvalue weighted by molar-refractivity contribution is 7.54. The molecule has 0 spiro atoms. The van der Waals surface area contributed by atoms with Crippen LogP contribution >= 0.6 is 7.60 Å². The van der Waals surface area contributed by atoms with Crippen LogP contribution in [0.5, 0.6) is 5.75 Å². The fraction of sp³-hybridized carbons (Fsp3) is 0.469. The molecular formula is C32H40NO10P. The molecule has 0 radical (unpaired) electrons. The quantitative estimate of drug-likeness (QED) is 0.137. The molecular weight excluding hydrogens is 589 g/mol. The highest BCUT2D eigenvalue weighted by Crippen LogP contribution is 2.49. The lowest BCUT2D eigenvalue weighted by molar-refractivity contribution is -0.150. The van der Waals surface area contributed by atoms with Gasteiger partial charge in [0.15, 0.2) is 11.9 Å². The molecule has 0 aromatic heterocycles. The first-order valence-corrected chi connectivity index (χ1v) is 16.5. The summed E-state index contributed by atoms with van der Waals surface area (Å²) in [6.45, 7) is 4.56. The van der Waals surface area contributed by atoms with E-state index >= 15 is 0 Å². The minimum atomic E-state index is -3.92. The summed E-state index contributed by atoms with van der Waals surface area (Å²) in [7, 11) is -3.92. The molecule has 0 heterocycles. The van der Waals surface area contributed by atoms with Crippen LogP contribution in [-0.4, -0.2) is 59.9 Å². The molecule has 238 valence electrons. The molecule has 1 aliphatic rings. The Hall–Kier alpha value is -3.82. The van der Waals surface area contributed by atoms with E-state index in [2.05, 4.69) is 5.32 Å². The molecule has 12 heteroatoms. The van der Waals surface area contributed by atoms with Gasteiger partial charge in [-0.2, -0.15) is 0 Å². The number of carboxylic acids is 1. The van der Waals surface area contributed by atoms with Crippen molar-refractivity contribution in [2.45, 2.75) is 71.3 Å². The Kier molecular flexibility index (Phi) is 12.8. The van der Waals surface area contributed by atoms with Gasteiger partial charge in [0.25, 0.3) is 0 Å². The molecule has 1 fully saturated rings. The number of ether oxygens (including phenoxy) is 1. The van der Waals surface area contributed by atoms with E-state index in [-0.39, 0.29) is 55.4 Å². The second kappa shape index (κ2) is 16.3. The zero-order valence-electron chi connectivity index (χ0n) is 25.3. The number of hydrogen-bond acceptors (Lipinski definition) is 9. The predicted molar refractivity (Wildman–Crippen MR) is 162 cm³/mol. The molecule has 2 N–H and O–H groups in total. The van der Waals surface area contributed by atoms with Crippen molar-refractivity contribution in [2.24, 2.45) is 5.92 Å². The van der Waals surface area contributed by atoms with Crippen LogP contribution in [0.15, 0.2) is 48.5 Å². The number of benzene rings is 2. The summed E-state index contributed by atoms with van der Waals surface area (Å²) in [5.41, 5.74) is 1.42. The van der Waals surface area contributed by atoms with E-state index in [0.717, 1.165) is 12.8 Å². The normalized spacial score (nSPS) is 17.2. The fourth-order valence-corrected chi connectivity index (χ4v) is 6.54. The smallest absolute Gasteiger partial charge is 0.381 e. The van der Waals surface area contributed by atoms with Crippen LogP contribution in [0.25, 0.3) is 0 Å². The molecule has 3 rings (SSSR count). The van der Waals surface area contributed by atoms with Gasteiger partial charge in [-0.15, -0.1) is 0 Å². The van der Waals surface area contributed by atoms with Crippen LogP contribution in [0, 0.1) is 5.92 Å². The minimum absolute atomic E-state index is 0.118. The molecule has 11 nitrogen and oxygen atoms in total. The third-order valence-corrected chi connectivity index (χ3v) is 9.31. The first kappa shape index (κ1) is 34.7. The van der Waals surface area contributed by atoms with Gasteiger partial charge in [-0.3, -0.25) is 23.7 Å². The van der Waals surface area contributed by atoms with Crippen LogP contribution in [-0.2, 0) is 39.4 Å². The van der Waals surface area contributed by atoms with E-state index < -0.39 is 37.5 Å². The van der Waals surface area contributed by atoms with Gasteiger partial charge in [-0.25, -0.2) is 9.36 Å². The van der Waals surface area contributed by atoms with Crippen LogP contribution in [0.1, 0.15) is 80.3 Å². The first-order valence-electron chi connectivity index (χ1n) is 14.8. The van der Waals surface area contributed by atoms with Crippen LogP contribution in [0.4, 0.5) is 0 Å². The van der Waals surface area contributed by atoms with Crippen molar-refractivity contribution in [3.8, 4) is 5.75 Å².